The van der Waals surface area contributed by atoms with Crippen molar-refractivity contribution in [2.75, 3.05) is 0 Å². The maximum Gasteiger partial charge on any atom is 0.335 e. The first kappa shape index (κ1) is 11.6. The molecule has 0 aliphatic rings. The molecule has 0 aromatic heterocycles. The standard InChI is InChI=1S/C12H10O4S/c13-12(14)10-4-3-9-2-1-8(7-17(15)16)5-11(9)6-10/h1-6,17H,7H2,(H,13,14). The van der Waals surface area contributed by atoms with Crippen molar-refractivity contribution in [3.8, 4) is 0 Å². The Hall–Kier alpha value is -1.88. The number of rotatable bonds is 3. The van der Waals surface area contributed by atoms with Crippen LogP contribution in [-0.4, -0.2) is 19.5 Å². The maximum absolute atomic E-state index is 10.8. The summed E-state index contributed by atoms with van der Waals surface area (Å²) in [5.74, 6) is -1.02. The summed E-state index contributed by atoms with van der Waals surface area (Å²) in [7, 11) is -2.47. The molecule has 0 unspecified atom stereocenters. The fourth-order valence-electron chi connectivity index (χ4n) is 1.68. The summed E-state index contributed by atoms with van der Waals surface area (Å²) < 4.78 is 21.2. The molecule has 0 spiro atoms. The van der Waals surface area contributed by atoms with E-state index in [1.807, 2.05) is 0 Å². The van der Waals surface area contributed by atoms with Gasteiger partial charge in [-0.15, -0.1) is 0 Å². The summed E-state index contributed by atoms with van der Waals surface area (Å²) >= 11 is 0. The summed E-state index contributed by atoms with van der Waals surface area (Å²) in [6, 6.07) is 9.99. The molecule has 0 saturated heterocycles. The highest BCUT2D eigenvalue weighted by molar-refractivity contribution is 7.71. The second kappa shape index (κ2) is 4.55. The summed E-state index contributed by atoms with van der Waals surface area (Å²) in [6.45, 7) is 0. The molecule has 2 aromatic rings. The monoisotopic (exact) mass is 250 g/mol. The normalized spacial score (nSPS) is 10.9. The van der Waals surface area contributed by atoms with Crippen LogP contribution in [0.4, 0.5) is 0 Å². The van der Waals surface area contributed by atoms with E-state index in [4.69, 9.17) is 5.11 Å². The molecule has 1 N–H and O–H groups in total. The van der Waals surface area contributed by atoms with Gasteiger partial charge in [-0.25, -0.2) is 13.2 Å². The van der Waals surface area contributed by atoms with Gasteiger partial charge in [-0.1, -0.05) is 24.3 Å². The maximum atomic E-state index is 10.8. The van der Waals surface area contributed by atoms with Gasteiger partial charge in [-0.3, -0.25) is 0 Å². The molecule has 0 radical (unpaired) electrons. The largest absolute Gasteiger partial charge is 0.478 e. The van der Waals surface area contributed by atoms with Gasteiger partial charge in [0.1, 0.15) is 10.7 Å². The van der Waals surface area contributed by atoms with Gasteiger partial charge in [0.05, 0.1) is 11.3 Å². The van der Waals surface area contributed by atoms with Crippen LogP contribution in [0.2, 0.25) is 0 Å². The molecule has 0 fully saturated rings. The summed E-state index contributed by atoms with van der Waals surface area (Å²) in [6.07, 6.45) is 0. The predicted octanol–water partition coefficient (Wildman–Crippen LogP) is 1.65. The smallest absolute Gasteiger partial charge is 0.335 e. The van der Waals surface area contributed by atoms with Crippen molar-refractivity contribution in [3.63, 3.8) is 0 Å². The molecule has 0 heterocycles. The van der Waals surface area contributed by atoms with Crippen LogP contribution in [0.5, 0.6) is 0 Å². The molecule has 17 heavy (non-hydrogen) atoms. The average molecular weight is 250 g/mol. The number of fused-ring (bicyclic) bond motifs is 1. The first-order valence-electron chi connectivity index (χ1n) is 4.94. The second-order valence-electron chi connectivity index (χ2n) is 3.69. The van der Waals surface area contributed by atoms with Crippen LogP contribution in [0.15, 0.2) is 36.4 Å². The molecular formula is C12H10O4S. The minimum absolute atomic E-state index is 0.0252. The van der Waals surface area contributed by atoms with Gasteiger partial charge >= 0.3 is 5.97 Å². The van der Waals surface area contributed by atoms with Crippen molar-refractivity contribution < 1.29 is 18.3 Å². The van der Waals surface area contributed by atoms with Crippen LogP contribution in [0, 0.1) is 0 Å². The second-order valence-corrected chi connectivity index (χ2v) is 4.67. The lowest BCUT2D eigenvalue weighted by Crippen LogP contribution is -1.95. The number of hydrogen-bond donors (Lipinski definition) is 2. The first-order valence-corrected chi connectivity index (χ1v) is 6.30. The number of thiol groups is 1. The molecule has 4 nitrogen and oxygen atoms in total. The van der Waals surface area contributed by atoms with E-state index in [1.165, 1.54) is 6.07 Å². The molecule has 2 rings (SSSR count). The van der Waals surface area contributed by atoms with Gasteiger partial charge in [0.2, 0.25) is 0 Å². The van der Waals surface area contributed by atoms with Gasteiger partial charge in [-0.05, 0) is 28.5 Å². The van der Waals surface area contributed by atoms with Crippen LogP contribution in [0.25, 0.3) is 10.8 Å². The Morgan fingerprint density at radius 2 is 1.76 bits per heavy atom. The predicted molar refractivity (Wildman–Crippen MR) is 64.9 cm³/mol. The van der Waals surface area contributed by atoms with Gasteiger partial charge in [0.15, 0.2) is 0 Å². The fourth-order valence-corrected chi connectivity index (χ4v) is 2.17. The number of carboxylic acids is 1. The fraction of sp³-hybridized carbons (Fsp3) is 0.0833. The molecule has 0 aliphatic carbocycles. The van der Waals surface area contributed by atoms with Crippen molar-refractivity contribution in [2.45, 2.75) is 5.75 Å². The minimum Gasteiger partial charge on any atom is -0.478 e. The molecule has 5 heteroatoms. The SMILES string of the molecule is O=C(O)c1ccc2ccc(C[SH](=O)=O)cc2c1. The zero-order chi connectivity index (χ0) is 12.4. The lowest BCUT2D eigenvalue weighted by molar-refractivity contribution is 0.0697. The van der Waals surface area contributed by atoms with Crippen LogP contribution in [0.3, 0.4) is 0 Å². The molecule has 0 saturated carbocycles. The third-order valence-corrected chi connectivity index (χ3v) is 3.09. The van der Waals surface area contributed by atoms with Crippen molar-refractivity contribution in [1.29, 1.82) is 0 Å². The Balaban J connectivity index is 2.54. The molecule has 0 bridgehead atoms. The third kappa shape index (κ3) is 2.62. The van der Waals surface area contributed by atoms with Crippen molar-refractivity contribution in [1.82, 2.24) is 0 Å². The Kier molecular flexibility index (Phi) is 3.10. The molecule has 88 valence electrons. The van der Waals surface area contributed by atoms with Gasteiger partial charge < -0.3 is 5.11 Å². The van der Waals surface area contributed by atoms with Crippen LogP contribution >= 0.6 is 0 Å². The lowest BCUT2D eigenvalue weighted by atomic mass is 10.0. The molecule has 0 aliphatic heterocycles. The highest BCUT2D eigenvalue weighted by atomic mass is 32.2. The third-order valence-electron chi connectivity index (χ3n) is 2.46. The summed E-state index contributed by atoms with van der Waals surface area (Å²) in [5, 5.41) is 10.5. The van der Waals surface area contributed by atoms with E-state index in [9.17, 15) is 13.2 Å². The average Bonchev–Trinajstić information content (AvgIpc) is 2.27. The van der Waals surface area contributed by atoms with E-state index in [0.717, 1.165) is 10.8 Å². The topological polar surface area (TPSA) is 71.4 Å². The Labute approximate surface area is 99.5 Å². The quantitative estimate of drug-likeness (QED) is 0.812. The highest BCUT2D eigenvalue weighted by Gasteiger charge is 2.04. The number of aromatic carboxylic acids is 1. The van der Waals surface area contributed by atoms with Crippen molar-refractivity contribution >= 4 is 27.4 Å². The lowest BCUT2D eigenvalue weighted by Gasteiger charge is -2.02. The van der Waals surface area contributed by atoms with Crippen molar-refractivity contribution in [3.05, 3.63) is 47.5 Å². The van der Waals surface area contributed by atoms with E-state index in [1.54, 1.807) is 30.3 Å². The molecule has 0 amide bonds. The van der Waals surface area contributed by atoms with Crippen molar-refractivity contribution in [2.24, 2.45) is 0 Å². The first-order chi connectivity index (χ1) is 8.06. The van der Waals surface area contributed by atoms with Gasteiger partial charge in [0.25, 0.3) is 0 Å². The van der Waals surface area contributed by atoms with Gasteiger partial charge in [-0.2, -0.15) is 0 Å². The minimum atomic E-state index is -2.47. The Bertz CT molecular complexity index is 651. The Morgan fingerprint density at radius 1 is 1.06 bits per heavy atom. The van der Waals surface area contributed by atoms with E-state index in [0.29, 0.717) is 5.56 Å². The zero-order valence-corrected chi connectivity index (χ0v) is 9.68. The van der Waals surface area contributed by atoms with E-state index in [2.05, 4.69) is 0 Å². The van der Waals surface area contributed by atoms with Crippen LogP contribution in [0.1, 0.15) is 15.9 Å². The molecule has 2 aromatic carbocycles. The molecular weight excluding hydrogens is 240 g/mol. The number of hydrogen-bond acceptors (Lipinski definition) is 3. The van der Waals surface area contributed by atoms with Crippen LogP contribution < -0.4 is 0 Å². The summed E-state index contributed by atoms with van der Waals surface area (Å²) in [4.78, 5) is 10.8. The molecule has 0 atom stereocenters. The van der Waals surface area contributed by atoms with E-state index >= 15 is 0 Å². The zero-order valence-electron chi connectivity index (χ0n) is 8.79. The number of benzene rings is 2. The Morgan fingerprint density at radius 3 is 2.41 bits per heavy atom. The van der Waals surface area contributed by atoms with E-state index < -0.39 is 16.7 Å². The van der Waals surface area contributed by atoms with E-state index in [-0.39, 0.29) is 11.3 Å². The van der Waals surface area contributed by atoms with Gasteiger partial charge in [0, 0.05) is 0 Å². The summed E-state index contributed by atoms with van der Waals surface area (Å²) in [5.41, 5.74) is 0.859. The van der Waals surface area contributed by atoms with Crippen LogP contribution in [-0.2, 0) is 16.5 Å². The number of carbonyl (C=O) groups is 1. The highest BCUT2D eigenvalue weighted by Crippen LogP contribution is 2.18. The number of carboxylic acid groups (broad SMARTS) is 1.